The monoisotopic (exact) mass is 324 g/mol. The number of aromatic amines is 1. The molecular weight excluding hydrogens is 308 g/mol. The Kier molecular flexibility index (Phi) is 3.84. The highest BCUT2D eigenvalue weighted by molar-refractivity contribution is 5.48. The van der Waals surface area contributed by atoms with Gasteiger partial charge < -0.3 is 4.74 Å². The standard InChI is InChI=1S/C17H16N4O3/c22-17-19-16(20-24-17)15-6-5-14(9-18-15)23-8-7-21-10-12-3-1-2-4-13(12)11-21/h1-6,9H,7-8,10-11H2,(H,19,20,22). The van der Waals surface area contributed by atoms with E-state index in [2.05, 4.69) is 48.8 Å². The van der Waals surface area contributed by atoms with Crippen LogP contribution in [-0.2, 0) is 13.1 Å². The Hall–Kier alpha value is -2.93. The van der Waals surface area contributed by atoms with Gasteiger partial charge in [-0.3, -0.25) is 14.4 Å². The second kappa shape index (κ2) is 6.29. The number of benzene rings is 1. The first-order valence-electron chi connectivity index (χ1n) is 7.72. The molecule has 7 nitrogen and oxygen atoms in total. The molecular formula is C17H16N4O3. The van der Waals surface area contributed by atoms with E-state index < -0.39 is 5.76 Å². The molecule has 1 N–H and O–H groups in total. The maximum atomic E-state index is 10.9. The Morgan fingerprint density at radius 1 is 1.17 bits per heavy atom. The molecule has 3 heterocycles. The van der Waals surface area contributed by atoms with Crippen molar-refractivity contribution in [3.63, 3.8) is 0 Å². The lowest BCUT2D eigenvalue weighted by atomic mass is 10.1. The van der Waals surface area contributed by atoms with Crippen molar-refractivity contribution in [1.82, 2.24) is 20.0 Å². The summed E-state index contributed by atoms with van der Waals surface area (Å²) >= 11 is 0. The van der Waals surface area contributed by atoms with Crippen LogP contribution < -0.4 is 10.5 Å². The van der Waals surface area contributed by atoms with Crippen molar-refractivity contribution in [3.05, 3.63) is 64.3 Å². The lowest BCUT2D eigenvalue weighted by Crippen LogP contribution is -2.22. The highest BCUT2D eigenvalue weighted by Crippen LogP contribution is 2.22. The van der Waals surface area contributed by atoms with E-state index in [4.69, 9.17) is 4.74 Å². The van der Waals surface area contributed by atoms with Crippen molar-refractivity contribution in [1.29, 1.82) is 0 Å². The van der Waals surface area contributed by atoms with Crippen LogP contribution in [0, 0.1) is 0 Å². The third-order valence-corrected chi connectivity index (χ3v) is 4.00. The van der Waals surface area contributed by atoms with Gasteiger partial charge in [0.05, 0.1) is 6.20 Å². The second-order valence-corrected chi connectivity index (χ2v) is 5.65. The summed E-state index contributed by atoms with van der Waals surface area (Å²) < 4.78 is 10.2. The first kappa shape index (κ1) is 14.6. The number of nitrogens with zero attached hydrogens (tertiary/aromatic N) is 3. The van der Waals surface area contributed by atoms with Crippen molar-refractivity contribution in [3.8, 4) is 17.3 Å². The van der Waals surface area contributed by atoms with Crippen LogP contribution in [0.4, 0.5) is 0 Å². The Labute approximate surface area is 137 Å². The Bertz CT molecular complexity index is 860. The third-order valence-electron chi connectivity index (χ3n) is 4.00. The molecule has 0 saturated carbocycles. The fourth-order valence-corrected chi connectivity index (χ4v) is 2.80. The maximum Gasteiger partial charge on any atom is 0.439 e. The summed E-state index contributed by atoms with van der Waals surface area (Å²) in [7, 11) is 0. The van der Waals surface area contributed by atoms with Crippen LogP contribution in [0.2, 0.25) is 0 Å². The smallest absolute Gasteiger partial charge is 0.439 e. The lowest BCUT2D eigenvalue weighted by molar-refractivity contribution is 0.211. The average Bonchev–Trinajstić information content (AvgIpc) is 3.21. The van der Waals surface area contributed by atoms with E-state index in [-0.39, 0.29) is 0 Å². The first-order chi connectivity index (χ1) is 11.8. The molecule has 0 spiro atoms. The summed E-state index contributed by atoms with van der Waals surface area (Å²) in [4.78, 5) is 20.0. The van der Waals surface area contributed by atoms with Crippen molar-refractivity contribution in [2.24, 2.45) is 0 Å². The van der Waals surface area contributed by atoms with Gasteiger partial charge in [-0.25, -0.2) is 9.78 Å². The van der Waals surface area contributed by atoms with Gasteiger partial charge in [-0.15, -0.1) is 0 Å². The second-order valence-electron chi connectivity index (χ2n) is 5.65. The fourth-order valence-electron chi connectivity index (χ4n) is 2.80. The molecule has 0 unspecified atom stereocenters. The molecule has 4 rings (SSSR count). The maximum absolute atomic E-state index is 10.9. The van der Waals surface area contributed by atoms with Gasteiger partial charge in [-0.05, 0) is 23.3 Å². The Balaban J connectivity index is 1.30. The van der Waals surface area contributed by atoms with Gasteiger partial charge in [0.25, 0.3) is 0 Å². The van der Waals surface area contributed by atoms with E-state index in [9.17, 15) is 4.79 Å². The molecule has 1 aliphatic heterocycles. The number of rotatable bonds is 5. The van der Waals surface area contributed by atoms with Crippen LogP contribution in [-0.4, -0.2) is 33.2 Å². The SMILES string of the molecule is O=c1[nH]c(-c2ccc(OCCN3Cc4ccccc4C3)cn2)no1. The van der Waals surface area contributed by atoms with Crippen LogP contribution in [0.25, 0.3) is 11.5 Å². The van der Waals surface area contributed by atoms with Gasteiger partial charge in [0.1, 0.15) is 18.1 Å². The summed E-state index contributed by atoms with van der Waals surface area (Å²) in [6.45, 7) is 3.38. The van der Waals surface area contributed by atoms with Crippen molar-refractivity contribution >= 4 is 0 Å². The molecule has 1 aromatic carbocycles. The largest absolute Gasteiger partial charge is 0.491 e. The van der Waals surface area contributed by atoms with Crippen LogP contribution in [0.15, 0.2) is 51.9 Å². The highest BCUT2D eigenvalue weighted by atomic mass is 16.5. The van der Waals surface area contributed by atoms with Gasteiger partial charge in [0, 0.05) is 19.6 Å². The quantitative estimate of drug-likeness (QED) is 0.770. The molecule has 2 aromatic heterocycles. The molecule has 0 bridgehead atoms. The van der Waals surface area contributed by atoms with E-state index in [1.807, 2.05) is 0 Å². The van der Waals surface area contributed by atoms with Gasteiger partial charge in [-0.1, -0.05) is 29.4 Å². The number of hydrogen-bond acceptors (Lipinski definition) is 6. The van der Waals surface area contributed by atoms with Crippen LogP contribution >= 0.6 is 0 Å². The van der Waals surface area contributed by atoms with Crippen molar-refractivity contribution < 1.29 is 9.26 Å². The average molecular weight is 324 g/mol. The number of hydrogen-bond donors (Lipinski definition) is 1. The minimum absolute atomic E-state index is 0.307. The van der Waals surface area contributed by atoms with Gasteiger partial charge in [0.2, 0.25) is 5.82 Å². The molecule has 0 saturated heterocycles. The number of fused-ring (bicyclic) bond motifs is 1. The van der Waals surface area contributed by atoms with Crippen molar-refractivity contribution in [2.75, 3.05) is 13.2 Å². The zero-order chi connectivity index (χ0) is 16.4. The number of ether oxygens (including phenoxy) is 1. The highest BCUT2D eigenvalue weighted by Gasteiger charge is 2.17. The summed E-state index contributed by atoms with van der Waals surface area (Å²) in [5.74, 6) is 0.390. The molecule has 0 radical (unpaired) electrons. The molecule has 0 amide bonds. The Morgan fingerprint density at radius 2 is 1.96 bits per heavy atom. The Morgan fingerprint density at radius 3 is 2.58 bits per heavy atom. The molecule has 0 atom stereocenters. The molecule has 1 aliphatic rings. The van der Waals surface area contributed by atoms with Crippen LogP contribution in [0.3, 0.4) is 0 Å². The summed E-state index contributed by atoms with van der Waals surface area (Å²) in [6, 6.07) is 12.0. The van der Waals surface area contributed by atoms with Gasteiger partial charge in [-0.2, -0.15) is 0 Å². The minimum Gasteiger partial charge on any atom is -0.491 e. The summed E-state index contributed by atoms with van der Waals surface area (Å²) in [6.07, 6.45) is 1.61. The van der Waals surface area contributed by atoms with E-state index in [1.165, 1.54) is 11.1 Å². The molecule has 0 fully saturated rings. The number of pyridine rings is 1. The van der Waals surface area contributed by atoms with Crippen molar-refractivity contribution in [2.45, 2.75) is 13.1 Å². The molecule has 7 heteroatoms. The fraction of sp³-hybridized carbons (Fsp3) is 0.235. The minimum atomic E-state index is -0.598. The zero-order valence-corrected chi connectivity index (χ0v) is 12.9. The van der Waals surface area contributed by atoms with Crippen LogP contribution in [0.5, 0.6) is 5.75 Å². The molecule has 24 heavy (non-hydrogen) atoms. The topological polar surface area (TPSA) is 84.3 Å². The van der Waals surface area contributed by atoms with E-state index >= 15 is 0 Å². The number of aromatic nitrogens is 3. The van der Waals surface area contributed by atoms with E-state index in [0.717, 1.165) is 19.6 Å². The van der Waals surface area contributed by atoms with E-state index in [0.29, 0.717) is 23.9 Å². The predicted molar refractivity (Wildman–Crippen MR) is 86.4 cm³/mol. The normalized spacial score (nSPS) is 13.8. The molecule has 0 aliphatic carbocycles. The number of H-pyrrole nitrogens is 1. The molecule has 122 valence electrons. The lowest BCUT2D eigenvalue weighted by Gasteiger charge is -2.15. The summed E-state index contributed by atoms with van der Waals surface area (Å²) in [5, 5.41) is 3.60. The van der Waals surface area contributed by atoms with Gasteiger partial charge in [0.15, 0.2) is 0 Å². The summed E-state index contributed by atoms with van der Waals surface area (Å²) in [5.41, 5.74) is 3.32. The van der Waals surface area contributed by atoms with Crippen LogP contribution in [0.1, 0.15) is 11.1 Å². The predicted octanol–water partition coefficient (Wildman–Crippen LogP) is 1.82. The third kappa shape index (κ3) is 3.07. The molecule has 3 aromatic rings. The van der Waals surface area contributed by atoms with Gasteiger partial charge >= 0.3 is 5.76 Å². The van der Waals surface area contributed by atoms with E-state index in [1.54, 1.807) is 18.3 Å². The number of nitrogens with one attached hydrogen (secondary N) is 1. The first-order valence-corrected chi connectivity index (χ1v) is 7.72. The zero-order valence-electron chi connectivity index (χ0n) is 12.9.